The fourth-order valence-electron chi connectivity index (χ4n) is 2.19. The number of nitriles is 1. The number of aromatic nitrogens is 2. The Morgan fingerprint density at radius 2 is 1.84 bits per heavy atom. The molecular weight excluding hydrogens is 338 g/mol. The summed E-state index contributed by atoms with van der Waals surface area (Å²) in [7, 11) is 3.17. The predicted molar refractivity (Wildman–Crippen MR) is 93.6 cm³/mol. The Hall–Kier alpha value is -2.98. The van der Waals surface area contributed by atoms with Gasteiger partial charge in [0.15, 0.2) is 0 Å². The molecule has 6 nitrogen and oxygen atoms in total. The van der Waals surface area contributed by atoms with Crippen LogP contribution in [0.15, 0.2) is 52.1 Å². The Bertz CT molecular complexity index is 896. The maximum absolute atomic E-state index is 8.94. The lowest BCUT2D eigenvalue weighted by Crippen LogP contribution is -1.88. The van der Waals surface area contributed by atoms with Crippen molar-refractivity contribution in [3.05, 3.63) is 53.6 Å². The van der Waals surface area contributed by atoms with Gasteiger partial charge in [-0.25, -0.2) is 0 Å². The molecule has 0 radical (unpaired) electrons. The Balaban J connectivity index is 1.75. The molecule has 0 atom stereocenters. The van der Waals surface area contributed by atoms with E-state index in [4.69, 9.17) is 19.2 Å². The first kappa shape index (κ1) is 16.9. The van der Waals surface area contributed by atoms with Gasteiger partial charge in [-0.3, -0.25) is 0 Å². The fourth-order valence-corrected chi connectivity index (χ4v) is 2.90. The highest BCUT2D eigenvalue weighted by Gasteiger charge is 2.12. The molecule has 0 saturated carbocycles. The van der Waals surface area contributed by atoms with Crippen molar-refractivity contribution in [2.45, 2.75) is 11.0 Å². The molecule has 0 saturated heterocycles. The summed E-state index contributed by atoms with van der Waals surface area (Å²) in [5.74, 6) is 2.33. The molecule has 3 aromatic rings. The molecule has 0 aliphatic heterocycles. The zero-order chi connectivity index (χ0) is 17.6. The quantitative estimate of drug-likeness (QED) is 0.621. The molecule has 25 heavy (non-hydrogen) atoms. The van der Waals surface area contributed by atoms with E-state index in [9.17, 15) is 0 Å². The molecule has 0 unspecified atom stereocenters. The van der Waals surface area contributed by atoms with Crippen LogP contribution in [0.4, 0.5) is 0 Å². The van der Waals surface area contributed by atoms with Gasteiger partial charge in [0, 0.05) is 17.4 Å². The van der Waals surface area contributed by atoms with Crippen molar-refractivity contribution in [3.63, 3.8) is 0 Å². The van der Waals surface area contributed by atoms with E-state index in [2.05, 4.69) is 16.3 Å². The SMILES string of the molecule is COc1cc(OC)cc(-c2nnc(SCc3cccc(C#N)c3)o2)c1. The monoisotopic (exact) mass is 353 g/mol. The van der Waals surface area contributed by atoms with Crippen molar-refractivity contribution in [1.82, 2.24) is 10.2 Å². The van der Waals surface area contributed by atoms with Crippen LogP contribution in [0.3, 0.4) is 0 Å². The number of ether oxygens (including phenoxy) is 2. The van der Waals surface area contributed by atoms with Gasteiger partial charge in [0.2, 0.25) is 5.89 Å². The van der Waals surface area contributed by atoms with Crippen LogP contribution in [-0.4, -0.2) is 24.4 Å². The van der Waals surface area contributed by atoms with E-state index in [0.29, 0.717) is 33.9 Å². The topological polar surface area (TPSA) is 81.2 Å². The second-order valence-corrected chi connectivity index (χ2v) is 6.00. The molecule has 3 rings (SSSR count). The molecule has 0 N–H and O–H groups in total. The summed E-state index contributed by atoms with van der Waals surface area (Å²) in [6.07, 6.45) is 0. The summed E-state index contributed by atoms with van der Waals surface area (Å²) >= 11 is 1.42. The molecular formula is C18H15N3O3S. The minimum Gasteiger partial charge on any atom is -0.497 e. The van der Waals surface area contributed by atoms with Gasteiger partial charge in [-0.05, 0) is 29.8 Å². The number of hydrogen-bond acceptors (Lipinski definition) is 7. The molecule has 126 valence electrons. The summed E-state index contributed by atoms with van der Waals surface area (Å²) in [5, 5.41) is 17.5. The Morgan fingerprint density at radius 3 is 2.52 bits per heavy atom. The molecule has 0 amide bonds. The highest BCUT2D eigenvalue weighted by molar-refractivity contribution is 7.98. The van der Waals surface area contributed by atoms with Crippen LogP contribution in [0.1, 0.15) is 11.1 Å². The molecule has 7 heteroatoms. The average Bonchev–Trinajstić information content (AvgIpc) is 3.15. The van der Waals surface area contributed by atoms with Gasteiger partial charge in [-0.2, -0.15) is 5.26 Å². The van der Waals surface area contributed by atoms with E-state index in [1.807, 2.05) is 18.2 Å². The zero-order valence-corrected chi connectivity index (χ0v) is 14.5. The van der Waals surface area contributed by atoms with Crippen LogP contribution in [-0.2, 0) is 5.75 Å². The van der Waals surface area contributed by atoms with Gasteiger partial charge >= 0.3 is 0 Å². The van der Waals surface area contributed by atoms with Gasteiger partial charge in [0.1, 0.15) is 11.5 Å². The number of methoxy groups -OCH3 is 2. The maximum atomic E-state index is 8.94. The normalized spacial score (nSPS) is 10.3. The zero-order valence-electron chi connectivity index (χ0n) is 13.7. The van der Waals surface area contributed by atoms with Crippen molar-refractivity contribution < 1.29 is 13.9 Å². The Labute approximate surface area is 149 Å². The number of benzene rings is 2. The summed E-state index contributed by atoms with van der Waals surface area (Å²) < 4.78 is 16.2. The van der Waals surface area contributed by atoms with Crippen molar-refractivity contribution in [2.24, 2.45) is 0 Å². The molecule has 2 aromatic carbocycles. The minimum atomic E-state index is 0.394. The fraction of sp³-hybridized carbons (Fsp3) is 0.167. The molecule has 1 heterocycles. The first-order valence-electron chi connectivity index (χ1n) is 7.40. The Morgan fingerprint density at radius 1 is 1.08 bits per heavy atom. The first-order valence-corrected chi connectivity index (χ1v) is 8.39. The van der Waals surface area contributed by atoms with Crippen LogP contribution in [0, 0.1) is 11.3 Å². The van der Waals surface area contributed by atoms with Crippen LogP contribution in [0.5, 0.6) is 11.5 Å². The van der Waals surface area contributed by atoms with Gasteiger partial charge in [0.25, 0.3) is 5.22 Å². The molecule has 0 bridgehead atoms. The maximum Gasteiger partial charge on any atom is 0.277 e. The lowest BCUT2D eigenvalue weighted by Gasteiger charge is -2.05. The van der Waals surface area contributed by atoms with Gasteiger partial charge in [0.05, 0.1) is 25.9 Å². The summed E-state index contributed by atoms with van der Waals surface area (Å²) in [6, 6.07) is 14.9. The number of thioether (sulfide) groups is 1. The standard InChI is InChI=1S/C18H15N3O3S/c1-22-15-7-14(8-16(9-15)23-2)17-20-21-18(24-17)25-11-13-5-3-4-12(6-13)10-19/h3-9H,11H2,1-2H3. The lowest BCUT2D eigenvalue weighted by atomic mass is 10.2. The van der Waals surface area contributed by atoms with Crippen LogP contribution in [0.25, 0.3) is 11.5 Å². The molecule has 1 aromatic heterocycles. The third-order valence-corrected chi connectivity index (χ3v) is 4.31. The summed E-state index contributed by atoms with van der Waals surface area (Å²) in [4.78, 5) is 0. The van der Waals surface area contributed by atoms with E-state index in [1.54, 1.807) is 38.5 Å². The van der Waals surface area contributed by atoms with E-state index in [0.717, 1.165) is 11.1 Å². The van der Waals surface area contributed by atoms with Crippen molar-refractivity contribution in [1.29, 1.82) is 5.26 Å². The third-order valence-electron chi connectivity index (χ3n) is 3.42. The third kappa shape index (κ3) is 4.11. The highest BCUT2D eigenvalue weighted by Crippen LogP contribution is 2.31. The smallest absolute Gasteiger partial charge is 0.277 e. The van der Waals surface area contributed by atoms with Crippen molar-refractivity contribution in [2.75, 3.05) is 14.2 Å². The van der Waals surface area contributed by atoms with Crippen molar-refractivity contribution >= 4 is 11.8 Å². The molecule has 0 aliphatic rings. The predicted octanol–water partition coefficient (Wildman–Crippen LogP) is 3.92. The lowest BCUT2D eigenvalue weighted by molar-refractivity contribution is 0.394. The summed E-state index contributed by atoms with van der Waals surface area (Å²) in [5.41, 5.74) is 2.38. The molecule has 0 aliphatic carbocycles. The van der Waals surface area contributed by atoms with Gasteiger partial charge in [-0.15, -0.1) is 10.2 Å². The number of hydrogen-bond donors (Lipinski definition) is 0. The van der Waals surface area contributed by atoms with Crippen molar-refractivity contribution in [3.8, 4) is 29.0 Å². The molecule has 0 spiro atoms. The van der Waals surface area contributed by atoms with Crippen LogP contribution < -0.4 is 9.47 Å². The van der Waals surface area contributed by atoms with E-state index >= 15 is 0 Å². The average molecular weight is 353 g/mol. The van der Waals surface area contributed by atoms with Gasteiger partial charge < -0.3 is 13.9 Å². The molecule has 0 fully saturated rings. The Kier molecular flexibility index (Phi) is 5.21. The number of nitrogens with zero attached hydrogens (tertiary/aromatic N) is 3. The van der Waals surface area contributed by atoms with Gasteiger partial charge in [-0.1, -0.05) is 23.9 Å². The second kappa shape index (κ2) is 7.73. The minimum absolute atomic E-state index is 0.394. The van der Waals surface area contributed by atoms with E-state index in [-0.39, 0.29) is 0 Å². The summed E-state index contributed by atoms with van der Waals surface area (Å²) in [6.45, 7) is 0. The largest absolute Gasteiger partial charge is 0.497 e. The van der Waals surface area contributed by atoms with E-state index in [1.165, 1.54) is 11.8 Å². The number of rotatable bonds is 6. The van der Waals surface area contributed by atoms with E-state index < -0.39 is 0 Å². The first-order chi connectivity index (χ1) is 12.2. The second-order valence-electron chi connectivity index (χ2n) is 5.08. The highest BCUT2D eigenvalue weighted by atomic mass is 32.2. The van der Waals surface area contributed by atoms with Crippen LogP contribution >= 0.6 is 11.8 Å². The van der Waals surface area contributed by atoms with Crippen LogP contribution in [0.2, 0.25) is 0 Å².